The van der Waals surface area contributed by atoms with Crippen LogP contribution in [0.1, 0.15) is 11.6 Å². The van der Waals surface area contributed by atoms with Crippen molar-refractivity contribution in [1.82, 2.24) is 0 Å². The number of halogens is 1. The van der Waals surface area contributed by atoms with E-state index in [4.69, 9.17) is 5.73 Å². The van der Waals surface area contributed by atoms with Crippen molar-refractivity contribution in [3.8, 4) is 0 Å². The summed E-state index contributed by atoms with van der Waals surface area (Å²) in [6.07, 6.45) is 0. The van der Waals surface area contributed by atoms with Gasteiger partial charge in [0.1, 0.15) is 6.67 Å². The number of benzene rings is 1. The summed E-state index contributed by atoms with van der Waals surface area (Å²) in [5, 5.41) is 10.5. The van der Waals surface area contributed by atoms with Crippen LogP contribution in [0.3, 0.4) is 0 Å². The van der Waals surface area contributed by atoms with Crippen molar-refractivity contribution in [1.29, 1.82) is 0 Å². The summed E-state index contributed by atoms with van der Waals surface area (Å²) < 4.78 is 12.2. The van der Waals surface area contributed by atoms with Crippen LogP contribution in [0.5, 0.6) is 0 Å². The summed E-state index contributed by atoms with van der Waals surface area (Å²) in [4.78, 5) is 9.91. The molecule has 0 radical (unpaired) electrons. The topological polar surface area (TPSA) is 69.2 Å². The monoisotopic (exact) mass is 184 g/mol. The Hall–Kier alpha value is -1.49. The van der Waals surface area contributed by atoms with E-state index in [1.807, 2.05) is 0 Å². The summed E-state index contributed by atoms with van der Waals surface area (Å²) in [6, 6.07) is 4.97. The number of nitro groups is 1. The second kappa shape index (κ2) is 3.95. The summed E-state index contributed by atoms with van der Waals surface area (Å²) in [7, 11) is 0. The predicted molar refractivity (Wildman–Crippen MR) is 46.0 cm³/mol. The highest BCUT2D eigenvalue weighted by Crippen LogP contribution is 2.23. The molecule has 0 unspecified atom stereocenters. The van der Waals surface area contributed by atoms with Crippen molar-refractivity contribution < 1.29 is 9.31 Å². The van der Waals surface area contributed by atoms with Crippen LogP contribution in [0, 0.1) is 10.1 Å². The lowest BCUT2D eigenvalue weighted by molar-refractivity contribution is -0.385. The maximum Gasteiger partial charge on any atom is 0.274 e. The molecule has 2 N–H and O–H groups in total. The molecule has 70 valence electrons. The summed E-state index contributed by atoms with van der Waals surface area (Å²) in [5.74, 6) is 0. The molecule has 0 bridgehead atoms. The van der Waals surface area contributed by atoms with Crippen molar-refractivity contribution >= 4 is 5.69 Å². The third-order valence-corrected chi connectivity index (χ3v) is 1.70. The Morgan fingerprint density at radius 1 is 1.54 bits per heavy atom. The highest BCUT2D eigenvalue weighted by atomic mass is 19.1. The van der Waals surface area contributed by atoms with E-state index >= 15 is 0 Å². The maximum atomic E-state index is 12.2. The van der Waals surface area contributed by atoms with Gasteiger partial charge in [0, 0.05) is 11.6 Å². The highest BCUT2D eigenvalue weighted by molar-refractivity contribution is 5.41. The second-order valence-electron chi connectivity index (χ2n) is 2.58. The Kier molecular flexibility index (Phi) is 2.92. The van der Waals surface area contributed by atoms with Crippen molar-refractivity contribution in [2.45, 2.75) is 6.04 Å². The minimum atomic E-state index is -0.915. The van der Waals surface area contributed by atoms with Gasteiger partial charge >= 0.3 is 0 Å². The van der Waals surface area contributed by atoms with Crippen molar-refractivity contribution in [3.63, 3.8) is 0 Å². The van der Waals surface area contributed by atoms with E-state index in [-0.39, 0.29) is 11.3 Å². The van der Waals surface area contributed by atoms with Crippen LogP contribution in [0.2, 0.25) is 0 Å². The number of nitrogens with zero attached hydrogens (tertiary/aromatic N) is 1. The first kappa shape index (κ1) is 9.60. The van der Waals surface area contributed by atoms with E-state index in [9.17, 15) is 14.5 Å². The van der Waals surface area contributed by atoms with Gasteiger partial charge in [0.15, 0.2) is 0 Å². The standard InChI is InChI=1S/C8H9FN2O2/c9-5-7(10)6-3-1-2-4-8(6)11(12)13/h1-4,7H,5,10H2/t7-/m0/s1. The zero-order chi connectivity index (χ0) is 9.84. The number of alkyl halides is 1. The summed E-state index contributed by atoms with van der Waals surface area (Å²) in [5.41, 5.74) is 5.45. The Balaban J connectivity index is 3.11. The predicted octanol–water partition coefficient (Wildman–Crippen LogP) is 1.56. The molecule has 0 fully saturated rings. The minimum absolute atomic E-state index is 0.132. The zero-order valence-corrected chi connectivity index (χ0v) is 6.81. The maximum absolute atomic E-state index is 12.2. The molecule has 0 heterocycles. The van der Waals surface area contributed by atoms with Crippen molar-refractivity contribution in [2.75, 3.05) is 6.67 Å². The van der Waals surface area contributed by atoms with Gasteiger partial charge in [-0.3, -0.25) is 10.1 Å². The molecule has 0 saturated carbocycles. The van der Waals surface area contributed by atoms with Gasteiger partial charge < -0.3 is 5.73 Å². The van der Waals surface area contributed by atoms with Crippen molar-refractivity contribution in [2.24, 2.45) is 5.73 Å². The van der Waals surface area contributed by atoms with E-state index in [0.717, 1.165) is 0 Å². The Morgan fingerprint density at radius 3 is 2.69 bits per heavy atom. The Labute approximate surface area is 74.3 Å². The van der Waals surface area contributed by atoms with Crippen LogP contribution in [0.4, 0.5) is 10.1 Å². The van der Waals surface area contributed by atoms with Crippen LogP contribution in [0.15, 0.2) is 24.3 Å². The van der Waals surface area contributed by atoms with E-state index in [1.165, 1.54) is 18.2 Å². The fraction of sp³-hybridized carbons (Fsp3) is 0.250. The average Bonchev–Trinajstić information content (AvgIpc) is 2.16. The lowest BCUT2D eigenvalue weighted by Gasteiger charge is -2.06. The number of para-hydroxylation sites is 1. The molecular formula is C8H9FN2O2. The highest BCUT2D eigenvalue weighted by Gasteiger charge is 2.17. The SMILES string of the molecule is N[C@@H](CF)c1ccccc1[N+](=O)[O-]. The first-order valence-electron chi connectivity index (χ1n) is 3.71. The summed E-state index contributed by atoms with van der Waals surface area (Å²) >= 11 is 0. The molecule has 0 spiro atoms. The van der Waals surface area contributed by atoms with E-state index in [2.05, 4.69) is 0 Å². The number of hydrogen-bond acceptors (Lipinski definition) is 3. The van der Waals surface area contributed by atoms with Gasteiger partial charge in [-0.2, -0.15) is 0 Å². The van der Waals surface area contributed by atoms with Gasteiger partial charge in [-0.25, -0.2) is 4.39 Å². The molecule has 13 heavy (non-hydrogen) atoms. The first-order valence-corrected chi connectivity index (χ1v) is 3.71. The van der Waals surface area contributed by atoms with E-state index in [0.29, 0.717) is 0 Å². The van der Waals surface area contributed by atoms with Gasteiger partial charge in [-0.05, 0) is 0 Å². The third-order valence-electron chi connectivity index (χ3n) is 1.70. The molecule has 5 heteroatoms. The van der Waals surface area contributed by atoms with Gasteiger partial charge in [0.2, 0.25) is 0 Å². The zero-order valence-electron chi connectivity index (χ0n) is 6.81. The molecule has 1 aromatic carbocycles. The molecule has 0 aliphatic heterocycles. The smallest absolute Gasteiger partial charge is 0.274 e. The van der Waals surface area contributed by atoms with Crippen LogP contribution in [-0.2, 0) is 0 Å². The lowest BCUT2D eigenvalue weighted by atomic mass is 10.1. The molecule has 1 rings (SSSR count). The summed E-state index contributed by atoms with van der Waals surface area (Å²) in [6.45, 7) is -0.801. The number of nitro benzene ring substituents is 1. The van der Waals surface area contributed by atoms with Crippen LogP contribution >= 0.6 is 0 Å². The molecular weight excluding hydrogens is 175 g/mol. The first-order chi connectivity index (χ1) is 6.16. The second-order valence-corrected chi connectivity index (χ2v) is 2.58. The van der Waals surface area contributed by atoms with Crippen LogP contribution < -0.4 is 5.73 Å². The van der Waals surface area contributed by atoms with Gasteiger partial charge in [0.25, 0.3) is 5.69 Å². The Morgan fingerprint density at radius 2 is 2.15 bits per heavy atom. The molecule has 1 aromatic rings. The molecule has 4 nitrogen and oxygen atoms in total. The lowest BCUT2D eigenvalue weighted by Crippen LogP contribution is -2.13. The largest absolute Gasteiger partial charge is 0.322 e. The average molecular weight is 184 g/mol. The van der Waals surface area contributed by atoms with E-state index in [1.54, 1.807) is 6.07 Å². The fourth-order valence-corrected chi connectivity index (χ4v) is 1.05. The Bertz CT molecular complexity index is 317. The van der Waals surface area contributed by atoms with Crippen LogP contribution in [0.25, 0.3) is 0 Å². The molecule has 0 saturated heterocycles. The van der Waals surface area contributed by atoms with Gasteiger partial charge in [-0.1, -0.05) is 18.2 Å². The number of nitrogens with two attached hydrogens (primary N) is 1. The quantitative estimate of drug-likeness (QED) is 0.572. The van der Waals surface area contributed by atoms with Crippen molar-refractivity contribution in [3.05, 3.63) is 39.9 Å². The van der Waals surface area contributed by atoms with E-state index < -0.39 is 17.6 Å². The number of rotatable bonds is 3. The molecule has 0 aliphatic rings. The fourth-order valence-electron chi connectivity index (χ4n) is 1.05. The molecule has 0 aromatic heterocycles. The third kappa shape index (κ3) is 2.00. The van der Waals surface area contributed by atoms with Crippen LogP contribution in [-0.4, -0.2) is 11.6 Å². The van der Waals surface area contributed by atoms with Gasteiger partial charge in [0.05, 0.1) is 11.0 Å². The minimum Gasteiger partial charge on any atom is -0.322 e. The molecule has 1 atom stereocenters. The normalized spacial score (nSPS) is 12.5. The molecule has 0 amide bonds. The van der Waals surface area contributed by atoms with Gasteiger partial charge in [-0.15, -0.1) is 0 Å². The molecule has 0 aliphatic carbocycles. The number of hydrogen-bond donors (Lipinski definition) is 1.